The van der Waals surface area contributed by atoms with Gasteiger partial charge in [-0.05, 0) is 68.4 Å². The zero-order chi connectivity index (χ0) is 23.1. The van der Waals surface area contributed by atoms with Crippen LogP contribution in [0.25, 0.3) is 0 Å². The first kappa shape index (κ1) is 23.4. The van der Waals surface area contributed by atoms with Crippen molar-refractivity contribution in [3.63, 3.8) is 0 Å². The molecular formula is C23H24ClN3O4S. The van der Waals surface area contributed by atoms with E-state index in [4.69, 9.17) is 16.3 Å². The molecule has 3 aromatic rings. The van der Waals surface area contributed by atoms with Crippen LogP contribution in [0.15, 0.2) is 77.7 Å². The average Bonchev–Trinajstić information content (AvgIpc) is 2.77. The number of halogens is 1. The lowest BCUT2D eigenvalue weighted by atomic mass is 10.3. The number of urea groups is 1. The molecule has 0 saturated heterocycles. The summed E-state index contributed by atoms with van der Waals surface area (Å²) in [6, 6.07) is 19.4. The van der Waals surface area contributed by atoms with Crippen molar-refractivity contribution >= 4 is 39.0 Å². The predicted octanol–water partition coefficient (Wildman–Crippen LogP) is 5.81. The molecule has 3 aromatic carbocycles. The maximum atomic E-state index is 12.9. The Morgan fingerprint density at radius 3 is 2.25 bits per heavy atom. The summed E-state index contributed by atoms with van der Waals surface area (Å²) in [5, 5.41) is 3.11. The van der Waals surface area contributed by atoms with Gasteiger partial charge in [0, 0.05) is 23.8 Å². The van der Waals surface area contributed by atoms with Gasteiger partial charge in [-0.25, -0.2) is 13.2 Å². The summed E-state index contributed by atoms with van der Waals surface area (Å²) in [5.41, 5.74) is 0.706. The van der Waals surface area contributed by atoms with E-state index in [0.29, 0.717) is 35.3 Å². The van der Waals surface area contributed by atoms with Crippen LogP contribution in [0.4, 0.5) is 16.2 Å². The molecule has 0 radical (unpaired) electrons. The number of amides is 2. The van der Waals surface area contributed by atoms with Crippen LogP contribution in [0.1, 0.15) is 13.8 Å². The highest BCUT2D eigenvalue weighted by Gasteiger charge is 2.18. The number of carbonyl (C=O) groups is 1. The van der Waals surface area contributed by atoms with Gasteiger partial charge in [-0.2, -0.15) is 0 Å². The molecule has 32 heavy (non-hydrogen) atoms. The third kappa shape index (κ3) is 5.93. The summed E-state index contributed by atoms with van der Waals surface area (Å²) in [7, 11) is -3.93. The first-order valence-corrected chi connectivity index (χ1v) is 11.9. The Labute approximate surface area is 193 Å². The molecule has 0 aliphatic carbocycles. The second kappa shape index (κ2) is 10.4. The van der Waals surface area contributed by atoms with Crippen molar-refractivity contribution < 1.29 is 17.9 Å². The number of nitrogens with one attached hydrogen (secondary N) is 2. The number of hydrogen-bond donors (Lipinski definition) is 2. The van der Waals surface area contributed by atoms with E-state index in [1.807, 2.05) is 32.0 Å². The van der Waals surface area contributed by atoms with Crippen LogP contribution < -0.4 is 14.8 Å². The molecule has 2 N–H and O–H groups in total. The van der Waals surface area contributed by atoms with E-state index < -0.39 is 10.0 Å². The van der Waals surface area contributed by atoms with E-state index >= 15 is 0 Å². The Hall–Kier alpha value is -3.23. The molecule has 0 aliphatic rings. The molecule has 0 bridgehead atoms. The van der Waals surface area contributed by atoms with Gasteiger partial charge in [0.25, 0.3) is 10.0 Å². The number of nitrogens with zero attached hydrogens (tertiary/aromatic N) is 1. The van der Waals surface area contributed by atoms with E-state index in [9.17, 15) is 13.2 Å². The van der Waals surface area contributed by atoms with Crippen LogP contribution in [0.3, 0.4) is 0 Å². The maximum absolute atomic E-state index is 12.9. The number of hydrogen-bond acceptors (Lipinski definition) is 4. The Bertz CT molecular complexity index is 1170. The molecule has 168 valence electrons. The van der Waals surface area contributed by atoms with E-state index in [0.717, 1.165) is 0 Å². The summed E-state index contributed by atoms with van der Waals surface area (Å²) in [5.74, 6) is 0.871. The molecule has 0 saturated carbocycles. The van der Waals surface area contributed by atoms with Crippen molar-refractivity contribution in [2.24, 2.45) is 0 Å². The van der Waals surface area contributed by atoms with Crippen LogP contribution in [0.5, 0.6) is 11.5 Å². The lowest BCUT2D eigenvalue weighted by Gasteiger charge is -2.19. The summed E-state index contributed by atoms with van der Waals surface area (Å²) in [6.07, 6.45) is 0. The first-order valence-electron chi connectivity index (χ1n) is 10.0. The minimum atomic E-state index is -3.93. The maximum Gasteiger partial charge on any atom is 0.321 e. The average molecular weight is 474 g/mol. The highest BCUT2D eigenvalue weighted by molar-refractivity contribution is 7.92. The number of rotatable bonds is 8. The van der Waals surface area contributed by atoms with Crippen LogP contribution in [0, 0.1) is 0 Å². The largest absolute Gasteiger partial charge is 0.455 e. The smallest absolute Gasteiger partial charge is 0.321 e. The van der Waals surface area contributed by atoms with E-state index in [1.165, 1.54) is 30.3 Å². The minimum absolute atomic E-state index is 0.0315. The van der Waals surface area contributed by atoms with Crippen molar-refractivity contribution in [1.29, 1.82) is 0 Å². The molecule has 7 nitrogen and oxygen atoms in total. The van der Waals surface area contributed by atoms with Crippen molar-refractivity contribution in [2.75, 3.05) is 23.1 Å². The third-order valence-electron chi connectivity index (χ3n) is 4.62. The topological polar surface area (TPSA) is 87.7 Å². The lowest BCUT2D eigenvalue weighted by Crippen LogP contribution is -2.34. The number of anilines is 2. The van der Waals surface area contributed by atoms with Crippen LogP contribution in [0.2, 0.25) is 5.02 Å². The number of ether oxygens (including phenoxy) is 1. The molecule has 0 fully saturated rings. The molecule has 0 aromatic heterocycles. The van der Waals surface area contributed by atoms with Gasteiger partial charge >= 0.3 is 6.03 Å². The van der Waals surface area contributed by atoms with Crippen LogP contribution in [-0.4, -0.2) is 32.4 Å². The number of sulfonamides is 1. The standard InChI is InChI=1S/C23H24ClN3O4S/c1-3-27(4-2)23(28)25-18-11-13-20(14-12-18)32(29,30)26-21-16-17(24)10-15-22(21)31-19-8-6-5-7-9-19/h5-16,26H,3-4H2,1-2H3,(H,25,28). The van der Waals surface area contributed by atoms with E-state index in [-0.39, 0.29) is 16.6 Å². The normalized spacial score (nSPS) is 11.0. The zero-order valence-corrected chi connectivity index (χ0v) is 19.3. The van der Waals surface area contributed by atoms with Crippen LogP contribution >= 0.6 is 11.6 Å². The Kier molecular flexibility index (Phi) is 7.61. The number of benzene rings is 3. The molecule has 9 heteroatoms. The SMILES string of the molecule is CCN(CC)C(=O)Nc1ccc(S(=O)(=O)Nc2cc(Cl)ccc2Oc2ccccc2)cc1. The van der Waals surface area contributed by atoms with Gasteiger partial charge in [0.2, 0.25) is 0 Å². The second-order valence-corrected chi connectivity index (χ2v) is 8.91. The molecule has 0 atom stereocenters. The van der Waals surface area contributed by atoms with Crippen molar-refractivity contribution in [1.82, 2.24) is 4.90 Å². The molecule has 2 amide bonds. The third-order valence-corrected chi connectivity index (χ3v) is 6.24. The monoisotopic (exact) mass is 473 g/mol. The summed E-state index contributed by atoms with van der Waals surface area (Å²) in [4.78, 5) is 13.8. The summed E-state index contributed by atoms with van der Waals surface area (Å²) in [6.45, 7) is 4.92. The quantitative estimate of drug-likeness (QED) is 0.432. The second-order valence-electron chi connectivity index (χ2n) is 6.79. The Balaban J connectivity index is 1.79. The predicted molar refractivity (Wildman–Crippen MR) is 127 cm³/mol. The zero-order valence-electron chi connectivity index (χ0n) is 17.7. The molecular weight excluding hydrogens is 450 g/mol. The minimum Gasteiger partial charge on any atom is -0.455 e. The van der Waals surface area contributed by atoms with E-state index in [1.54, 1.807) is 29.2 Å². The van der Waals surface area contributed by atoms with Crippen molar-refractivity contribution in [3.05, 3.63) is 77.8 Å². The van der Waals surface area contributed by atoms with Crippen molar-refractivity contribution in [3.8, 4) is 11.5 Å². The van der Waals surface area contributed by atoms with Gasteiger partial charge in [0.15, 0.2) is 5.75 Å². The molecule has 0 heterocycles. The van der Waals surface area contributed by atoms with Crippen molar-refractivity contribution in [2.45, 2.75) is 18.7 Å². The van der Waals surface area contributed by atoms with Gasteiger partial charge in [-0.3, -0.25) is 4.72 Å². The van der Waals surface area contributed by atoms with Crippen LogP contribution in [-0.2, 0) is 10.0 Å². The Morgan fingerprint density at radius 1 is 0.969 bits per heavy atom. The van der Waals surface area contributed by atoms with Gasteiger partial charge < -0.3 is 15.0 Å². The number of para-hydroxylation sites is 1. The summed E-state index contributed by atoms with van der Waals surface area (Å²) >= 11 is 6.08. The fourth-order valence-electron chi connectivity index (χ4n) is 2.92. The van der Waals surface area contributed by atoms with Gasteiger partial charge in [0.1, 0.15) is 5.75 Å². The molecule has 3 rings (SSSR count). The van der Waals surface area contributed by atoms with Gasteiger partial charge in [-0.1, -0.05) is 29.8 Å². The fourth-order valence-corrected chi connectivity index (χ4v) is 4.15. The first-order chi connectivity index (χ1) is 15.3. The van der Waals surface area contributed by atoms with E-state index in [2.05, 4.69) is 10.0 Å². The number of carbonyl (C=O) groups excluding carboxylic acids is 1. The van der Waals surface area contributed by atoms with Gasteiger partial charge in [-0.15, -0.1) is 0 Å². The highest BCUT2D eigenvalue weighted by Crippen LogP contribution is 2.33. The fraction of sp³-hybridized carbons (Fsp3) is 0.174. The van der Waals surface area contributed by atoms with Gasteiger partial charge in [0.05, 0.1) is 10.6 Å². The lowest BCUT2D eigenvalue weighted by molar-refractivity contribution is 0.217. The molecule has 0 unspecified atom stereocenters. The highest BCUT2D eigenvalue weighted by atomic mass is 35.5. The molecule has 0 aliphatic heterocycles. The molecule has 0 spiro atoms. The Morgan fingerprint density at radius 2 is 1.62 bits per heavy atom. The summed E-state index contributed by atoms with van der Waals surface area (Å²) < 4.78 is 34.2.